The zero-order valence-corrected chi connectivity index (χ0v) is 20.0. The van der Waals surface area contributed by atoms with Crippen LogP contribution in [0.3, 0.4) is 0 Å². The molecule has 4 rings (SSSR count). The van der Waals surface area contributed by atoms with Crippen LogP contribution >= 0.6 is 15.9 Å². The first-order chi connectivity index (χ1) is 16.0. The van der Waals surface area contributed by atoms with Gasteiger partial charge in [-0.15, -0.1) is 0 Å². The van der Waals surface area contributed by atoms with Gasteiger partial charge in [-0.05, 0) is 83.6 Å². The Hall–Kier alpha value is -2.96. The van der Waals surface area contributed by atoms with Crippen molar-refractivity contribution >= 4 is 33.4 Å². The van der Waals surface area contributed by atoms with E-state index < -0.39 is 0 Å². The zero-order chi connectivity index (χ0) is 23.2. The maximum Gasteiger partial charge on any atom is 0.256 e. The second-order valence-electron chi connectivity index (χ2n) is 8.50. The van der Waals surface area contributed by atoms with Gasteiger partial charge in [0.2, 0.25) is 0 Å². The molecule has 2 amide bonds. The maximum atomic E-state index is 13.4. The predicted molar refractivity (Wildman–Crippen MR) is 135 cm³/mol. The Kier molecular flexibility index (Phi) is 7.57. The molecule has 0 radical (unpaired) electrons. The molecule has 0 heterocycles. The first kappa shape index (κ1) is 23.2. The van der Waals surface area contributed by atoms with Crippen molar-refractivity contribution in [2.24, 2.45) is 5.73 Å². The summed E-state index contributed by atoms with van der Waals surface area (Å²) in [4.78, 5) is 28.1. The maximum absolute atomic E-state index is 13.4. The number of carbonyl (C=O) groups is 2. The number of hydrogen-bond acceptors (Lipinski definition) is 3. The predicted octanol–water partition coefficient (Wildman–Crippen LogP) is 5.61. The highest BCUT2D eigenvalue weighted by Gasteiger charge is 2.28. The lowest BCUT2D eigenvalue weighted by Crippen LogP contribution is -2.43. The van der Waals surface area contributed by atoms with Crippen LogP contribution in [0.15, 0.2) is 83.3 Å². The molecule has 6 heteroatoms. The Balaban J connectivity index is 1.54. The number of amides is 2. The fourth-order valence-electron chi connectivity index (χ4n) is 4.31. The first-order valence-corrected chi connectivity index (χ1v) is 12.1. The van der Waals surface area contributed by atoms with Gasteiger partial charge in [-0.1, -0.05) is 42.5 Å². The molecule has 170 valence electrons. The van der Waals surface area contributed by atoms with Crippen LogP contribution in [0.4, 0.5) is 5.69 Å². The molecular weight excluding hydrogens is 478 g/mol. The zero-order valence-electron chi connectivity index (χ0n) is 18.4. The molecule has 5 nitrogen and oxygen atoms in total. The molecule has 1 aliphatic rings. The van der Waals surface area contributed by atoms with E-state index in [4.69, 9.17) is 5.73 Å². The van der Waals surface area contributed by atoms with Gasteiger partial charge in [0.05, 0.1) is 5.56 Å². The van der Waals surface area contributed by atoms with E-state index in [0.717, 1.165) is 35.7 Å². The van der Waals surface area contributed by atoms with Crippen LogP contribution < -0.4 is 11.1 Å². The summed E-state index contributed by atoms with van der Waals surface area (Å²) >= 11 is 3.43. The number of anilines is 1. The van der Waals surface area contributed by atoms with Gasteiger partial charge in [0.15, 0.2) is 0 Å². The van der Waals surface area contributed by atoms with E-state index in [0.29, 0.717) is 23.4 Å². The van der Waals surface area contributed by atoms with Crippen molar-refractivity contribution in [3.8, 4) is 0 Å². The highest BCUT2D eigenvalue weighted by molar-refractivity contribution is 9.10. The van der Waals surface area contributed by atoms with Crippen molar-refractivity contribution in [3.63, 3.8) is 0 Å². The molecule has 1 fully saturated rings. The van der Waals surface area contributed by atoms with E-state index >= 15 is 0 Å². The number of halogens is 1. The van der Waals surface area contributed by atoms with Gasteiger partial charge in [-0.2, -0.15) is 0 Å². The molecule has 0 aromatic heterocycles. The number of nitrogens with zero attached hydrogens (tertiary/aromatic N) is 1. The van der Waals surface area contributed by atoms with E-state index in [1.54, 1.807) is 6.07 Å². The fraction of sp³-hybridized carbons (Fsp3) is 0.259. The van der Waals surface area contributed by atoms with Crippen LogP contribution in [0.2, 0.25) is 0 Å². The minimum absolute atomic E-state index is 0.0266. The minimum atomic E-state index is -0.182. The average Bonchev–Trinajstić information content (AvgIpc) is 2.84. The standard InChI is InChI=1S/C27H28BrN3O2/c28-25-12-5-4-11-24(25)26(32)30-22-10-6-7-19(17-22)18-31(23-15-13-21(29)14-16-23)27(33)20-8-2-1-3-9-20/h1-12,17,21,23H,13-16,18,29H2,(H,30,32). The van der Waals surface area contributed by atoms with E-state index in [2.05, 4.69) is 21.2 Å². The summed E-state index contributed by atoms with van der Waals surface area (Å²) in [5.41, 5.74) is 9.04. The van der Waals surface area contributed by atoms with Gasteiger partial charge in [0.1, 0.15) is 0 Å². The SMILES string of the molecule is NC1CCC(N(Cc2cccc(NC(=O)c3ccccc3Br)c2)C(=O)c2ccccc2)CC1. The van der Waals surface area contributed by atoms with Crippen LogP contribution in [0.5, 0.6) is 0 Å². The number of nitrogens with one attached hydrogen (secondary N) is 1. The summed E-state index contributed by atoms with van der Waals surface area (Å²) in [5, 5.41) is 2.97. The third kappa shape index (κ3) is 5.89. The molecular formula is C27H28BrN3O2. The van der Waals surface area contributed by atoms with Gasteiger partial charge in [0.25, 0.3) is 11.8 Å². The number of benzene rings is 3. The summed E-state index contributed by atoms with van der Waals surface area (Å²) in [5.74, 6) is -0.156. The van der Waals surface area contributed by atoms with Crippen LogP contribution in [-0.4, -0.2) is 28.8 Å². The van der Waals surface area contributed by atoms with Crippen LogP contribution in [0.25, 0.3) is 0 Å². The third-order valence-electron chi connectivity index (χ3n) is 6.12. The van der Waals surface area contributed by atoms with Crippen molar-refractivity contribution in [2.75, 3.05) is 5.32 Å². The van der Waals surface area contributed by atoms with Crippen molar-refractivity contribution in [1.82, 2.24) is 4.90 Å². The molecule has 0 spiro atoms. The molecule has 1 saturated carbocycles. The molecule has 0 bridgehead atoms. The molecule has 33 heavy (non-hydrogen) atoms. The Morgan fingerprint density at radius 1 is 0.909 bits per heavy atom. The van der Waals surface area contributed by atoms with Crippen LogP contribution in [0.1, 0.15) is 52.0 Å². The van der Waals surface area contributed by atoms with Crippen molar-refractivity contribution in [3.05, 3.63) is 100 Å². The Labute approximate surface area is 203 Å². The van der Waals surface area contributed by atoms with E-state index in [-0.39, 0.29) is 23.9 Å². The van der Waals surface area contributed by atoms with Gasteiger partial charge in [-0.3, -0.25) is 9.59 Å². The molecule has 3 aromatic rings. The smallest absolute Gasteiger partial charge is 0.256 e. The third-order valence-corrected chi connectivity index (χ3v) is 6.81. The van der Waals surface area contributed by atoms with Crippen LogP contribution in [-0.2, 0) is 6.54 Å². The topological polar surface area (TPSA) is 75.4 Å². The van der Waals surface area contributed by atoms with E-state index in [9.17, 15) is 9.59 Å². The Bertz CT molecular complexity index is 1110. The molecule has 3 N–H and O–H groups in total. The molecule has 3 aromatic carbocycles. The quantitative estimate of drug-likeness (QED) is 0.456. The number of nitrogens with two attached hydrogens (primary N) is 1. The van der Waals surface area contributed by atoms with E-state index in [1.807, 2.05) is 77.7 Å². The minimum Gasteiger partial charge on any atom is -0.331 e. The van der Waals surface area contributed by atoms with E-state index in [1.165, 1.54) is 0 Å². The average molecular weight is 506 g/mol. The van der Waals surface area contributed by atoms with Gasteiger partial charge < -0.3 is 16.0 Å². The van der Waals surface area contributed by atoms with Gasteiger partial charge in [0, 0.05) is 34.4 Å². The second kappa shape index (κ2) is 10.8. The Morgan fingerprint density at radius 3 is 2.33 bits per heavy atom. The number of carbonyl (C=O) groups excluding carboxylic acids is 2. The normalized spacial score (nSPS) is 17.9. The lowest BCUT2D eigenvalue weighted by Gasteiger charge is -2.36. The first-order valence-electron chi connectivity index (χ1n) is 11.3. The molecule has 0 unspecified atom stereocenters. The van der Waals surface area contributed by atoms with Gasteiger partial charge in [-0.25, -0.2) is 0 Å². The molecule has 0 atom stereocenters. The lowest BCUT2D eigenvalue weighted by molar-refractivity contribution is 0.0606. The van der Waals surface area contributed by atoms with Crippen molar-refractivity contribution in [2.45, 2.75) is 44.3 Å². The largest absolute Gasteiger partial charge is 0.331 e. The lowest BCUT2D eigenvalue weighted by atomic mass is 9.90. The monoisotopic (exact) mass is 505 g/mol. The molecule has 0 saturated heterocycles. The molecule has 1 aliphatic carbocycles. The fourth-order valence-corrected chi connectivity index (χ4v) is 4.78. The summed E-state index contributed by atoms with van der Waals surface area (Å²) < 4.78 is 0.744. The summed E-state index contributed by atoms with van der Waals surface area (Å²) in [6.45, 7) is 0.479. The Morgan fingerprint density at radius 2 is 1.61 bits per heavy atom. The number of hydrogen-bond donors (Lipinski definition) is 2. The molecule has 0 aliphatic heterocycles. The van der Waals surface area contributed by atoms with Gasteiger partial charge >= 0.3 is 0 Å². The van der Waals surface area contributed by atoms with Crippen molar-refractivity contribution in [1.29, 1.82) is 0 Å². The summed E-state index contributed by atoms with van der Waals surface area (Å²) in [7, 11) is 0. The van der Waals surface area contributed by atoms with Crippen molar-refractivity contribution < 1.29 is 9.59 Å². The highest BCUT2D eigenvalue weighted by Crippen LogP contribution is 2.26. The van der Waals surface area contributed by atoms with Crippen LogP contribution in [0, 0.1) is 0 Å². The second-order valence-corrected chi connectivity index (χ2v) is 9.36. The summed E-state index contributed by atoms with van der Waals surface area (Å²) in [6, 6.07) is 24.8. The summed E-state index contributed by atoms with van der Waals surface area (Å²) in [6.07, 6.45) is 3.65. The highest BCUT2D eigenvalue weighted by atomic mass is 79.9. The number of rotatable bonds is 6.